The third kappa shape index (κ3) is 8.02. The van der Waals surface area contributed by atoms with E-state index in [4.69, 9.17) is 18.9 Å². The van der Waals surface area contributed by atoms with Crippen LogP contribution in [0.1, 0.15) is 61.4 Å². The Morgan fingerprint density at radius 2 is 1.39 bits per heavy atom. The number of hydrogen-bond donors (Lipinski definition) is 1. The molecule has 67 heavy (non-hydrogen) atoms. The standard InChI is InChI=1S/C57H58N4O6/c1-38(2)54(62)65-35-28-58-55(63)66-43-25-29-61(30-26-43)49-36-46-47(37-50(49)64-5)53-45(52-51(46)44-18-12-13-19-48(44)56(52,3)4)24-27-57(67-53,39-14-8-6-9-15-39)40-20-22-42(23-21-40)60-33-31-59(32-34-60)41-16-10-7-11-17-41/h6-24,27,36-37,43H,1,25-26,28-35H2,2-5H3,(H,58,63). The number of carbonyl (C=O) groups excluding carboxylic acids is 2. The summed E-state index contributed by atoms with van der Waals surface area (Å²) in [5, 5.41) is 4.79. The molecule has 1 amide bonds. The van der Waals surface area contributed by atoms with Crippen LogP contribution in [-0.4, -0.2) is 77.7 Å². The Kier molecular flexibility index (Phi) is 11.7. The monoisotopic (exact) mass is 894 g/mol. The first kappa shape index (κ1) is 43.7. The zero-order valence-corrected chi connectivity index (χ0v) is 38.8. The lowest BCUT2D eigenvalue weighted by atomic mass is 9.76. The number of methoxy groups -OCH3 is 1. The molecule has 10 nitrogen and oxygen atoms in total. The number of alkyl carbamates (subject to hydrolysis) is 1. The van der Waals surface area contributed by atoms with Crippen molar-refractivity contribution >= 4 is 46.0 Å². The summed E-state index contributed by atoms with van der Waals surface area (Å²) in [5.41, 5.74) is 10.7. The minimum atomic E-state index is -0.912. The van der Waals surface area contributed by atoms with Crippen molar-refractivity contribution in [3.05, 3.63) is 167 Å². The molecule has 0 spiro atoms. The van der Waals surface area contributed by atoms with Gasteiger partial charge in [-0.1, -0.05) is 111 Å². The Labute approximate surface area is 393 Å². The molecular weight excluding hydrogens is 837 g/mol. The van der Waals surface area contributed by atoms with Crippen LogP contribution in [0, 0.1) is 0 Å². The van der Waals surface area contributed by atoms with Gasteiger partial charge in [0, 0.05) is 96.5 Å². The second-order valence-electron chi connectivity index (χ2n) is 18.6. The van der Waals surface area contributed by atoms with Crippen molar-refractivity contribution in [1.82, 2.24) is 5.32 Å². The van der Waals surface area contributed by atoms with E-state index in [2.05, 4.69) is 174 Å². The van der Waals surface area contributed by atoms with E-state index in [1.165, 1.54) is 33.6 Å². The number of fused-ring (bicyclic) bond motifs is 8. The number of ether oxygens (including phenoxy) is 4. The molecule has 342 valence electrons. The van der Waals surface area contributed by atoms with E-state index in [1.807, 2.05) is 0 Å². The SMILES string of the molecule is C=C(C)C(=O)OCCNC(=O)OC1CCN(c2cc3c4c(c5c(c3cc2OC)OC(c2ccccc2)(c2ccc(N3CCN(c6ccccc6)CC3)cc2)C=C5)C(C)(C)c2ccccc2-4)CC1. The number of amides is 1. The molecule has 0 bridgehead atoms. The number of nitrogens with one attached hydrogen (secondary N) is 1. The molecule has 4 aliphatic rings. The predicted octanol–water partition coefficient (Wildman–Crippen LogP) is 10.6. The summed E-state index contributed by atoms with van der Waals surface area (Å²) in [4.78, 5) is 31.7. The number of carbonyl (C=O) groups is 2. The highest BCUT2D eigenvalue weighted by molar-refractivity contribution is 6.10. The molecule has 1 atom stereocenters. The van der Waals surface area contributed by atoms with Gasteiger partial charge in [0.25, 0.3) is 0 Å². The average molecular weight is 895 g/mol. The van der Waals surface area contributed by atoms with Crippen molar-refractivity contribution in [2.75, 3.05) is 74.2 Å². The molecule has 1 unspecified atom stereocenters. The van der Waals surface area contributed by atoms with Crippen LogP contribution >= 0.6 is 0 Å². The molecule has 10 rings (SSSR count). The summed E-state index contributed by atoms with van der Waals surface area (Å²) < 4.78 is 24.9. The minimum Gasteiger partial charge on any atom is -0.495 e. The second kappa shape index (κ2) is 17.9. The molecular formula is C57H58N4O6. The van der Waals surface area contributed by atoms with E-state index in [0.717, 1.165) is 70.8 Å². The van der Waals surface area contributed by atoms with Crippen molar-refractivity contribution < 1.29 is 28.5 Å². The number of hydrogen-bond acceptors (Lipinski definition) is 9. The Hall–Kier alpha value is -7.20. The van der Waals surface area contributed by atoms with Crippen LogP contribution in [0.15, 0.2) is 140 Å². The quantitative estimate of drug-likeness (QED) is 0.0775. The van der Waals surface area contributed by atoms with Crippen molar-refractivity contribution in [2.45, 2.75) is 50.7 Å². The van der Waals surface area contributed by atoms with Gasteiger partial charge in [0.15, 0.2) is 5.60 Å². The van der Waals surface area contributed by atoms with Crippen LogP contribution in [0.5, 0.6) is 11.5 Å². The summed E-state index contributed by atoms with van der Waals surface area (Å²) in [6.07, 6.45) is 5.09. The molecule has 0 saturated carbocycles. The van der Waals surface area contributed by atoms with E-state index >= 15 is 0 Å². The number of rotatable bonds is 11. The van der Waals surface area contributed by atoms with Crippen molar-refractivity contribution in [3.8, 4) is 22.6 Å². The minimum absolute atomic E-state index is 0.0470. The third-order valence-electron chi connectivity index (χ3n) is 14.1. The highest BCUT2D eigenvalue weighted by atomic mass is 16.6. The summed E-state index contributed by atoms with van der Waals surface area (Å²) in [5.74, 6) is 1.10. The largest absolute Gasteiger partial charge is 0.495 e. The summed E-state index contributed by atoms with van der Waals surface area (Å²) in [6, 6.07) is 43.5. The maximum atomic E-state index is 12.7. The normalized spacial score (nSPS) is 18.4. The number of para-hydroxylation sites is 1. The summed E-state index contributed by atoms with van der Waals surface area (Å²) >= 11 is 0. The summed E-state index contributed by atoms with van der Waals surface area (Å²) in [6.45, 7) is 15.2. The van der Waals surface area contributed by atoms with E-state index in [0.29, 0.717) is 31.5 Å². The molecule has 1 aliphatic carbocycles. The lowest BCUT2D eigenvalue weighted by Gasteiger charge is -2.39. The molecule has 3 heterocycles. The first-order chi connectivity index (χ1) is 32.6. The molecule has 2 fully saturated rings. The molecule has 0 aromatic heterocycles. The zero-order valence-electron chi connectivity index (χ0n) is 38.8. The van der Waals surface area contributed by atoms with Gasteiger partial charge in [0.2, 0.25) is 0 Å². The Morgan fingerprint density at radius 3 is 2.06 bits per heavy atom. The van der Waals surface area contributed by atoms with Gasteiger partial charge < -0.3 is 39.0 Å². The van der Waals surface area contributed by atoms with Gasteiger partial charge in [0.05, 0.1) is 19.3 Å². The van der Waals surface area contributed by atoms with Gasteiger partial charge in [-0.3, -0.25) is 0 Å². The van der Waals surface area contributed by atoms with Gasteiger partial charge in [-0.05, 0) is 77.0 Å². The fourth-order valence-electron chi connectivity index (χ4n) is 10.6. The number of benzene rings is 6. The molecule has 1 N–H and O–H groups in total. The van der Waals surface area contributed by atoms with Crippen LogP contribution in [0.3, 0.4) is 0 Å². The van der Waals surface area contributed by atoms with Gasteiger partial charge in [0.1, 0.15) is 24.2 Å². The second-order valence-corrected chi connectivity index (χ2v) is 18.6. The van der Waals surface area contributed by atoms with Crippen molar-refractivity contribution in [1.29, 1.82) is 0 Å². The fraction of sp³-hybridized carbons (Fsp3) is 0.298. The van der Waals surface area contributed by atoms with Crippen LogP contribution < -0.4 is 29.5 Å². The van der Waals surface area contributed by atoms with Crippen LogP contribution in [0.25, 0.3) is 28.0 Å². The summed E-state index contributed by atoms with van der Waals surface area (Å²) in [7, 11) is 1.73. The smallest absolute Gasteiger partial charge is 0.407 e. The average Bonchev–Trinajstić information content (AvgIpc) is 3.61. The van der Waals surface area contributed by atoms with Gasteiger partial charge in [-0.15, -0.1) is 0 Å². The third-order valence-corrected chi connectivity index (χ3v) is 14.1. The molecule has 3 aliphatic heterocycles. The number of piperidine rings is 1. The van der Waals surface area contributed by atoms with E-state index in [1.54, 1.807) is 14.0 Å². The Morgan fingerprint density at radius 1 is 0.761 bits per heavy atom. The molecule has 6 aromatic rings. The van der Waals surface area contributed by atoms with E-state index < -0.39 is 17.7 Å². The highest BCUT2D eigenvalue weighted by Crippen LogP contribution is 2.59. The first-order valence-electron chi connectivity index (χ1n) is 23.5. The topological polar surface area (TPSA) is 92.8 Å². The van der Waals surface area contributed by atoms with Crippen LogP contribution in [-0.2, 0) is 25.3 Å². The first-order valence-corrected chi connectivity index (χ1v) is 23.5. The predicted molar refractivity (Wildman–Crippen MR) is 268 cm³/mol. The van der Waals surface area contributed by atoms with Crippen LogP contribution in [0.2, 0.25) is 0 Å². The lowest BCUT2D eigenvalue weighted by molar-refractivity contribution is -0.138. The van der Waals surface area contributed by atoms with Gasteiger partial charge in [-0.25, -0.2) is 9.59 Å². The molecule has 10 heteroatoms. The molecule has 2 saturated heterocycles. The van der Waals surface area contributed by atoms with E-state index in [9.17, 15) is 9.59 Å². The number of esters is 1. The Bertz CT molecular complexity index is 2860. The maximum Gasteiger partial charge on any atom is 0.407 e. The van der Waals surface area contributed by atoms with E-state index in [-0.39, 0.29) is 24.7 Å². The van der Waals surface area contributed by atoms with Gasteiger partial charge in [-0.2, -0.15) is 0 Å². The molecule has 6 aromatic carbocycles. The Balaban J connectivity index is 0.985. The number of nitrogens with zero attached hydrogens (tertiary/aromatic N) is 3. The number of anilines is 3. The lowest BCUT2D eigenvalue weighted by Crippen LogP contribution is -2.46. The number of piperazine rings is 1. The van der Waals surface area contributed by atoms with Crippen molar-refractivity contribution in [2.24, 2.45) is 0 Å². The van der Waals surface area contributed by atoms with Gasteiger partial charge >= 0.3 is 12.1 Å². The van der Waals surface area contributed by atoms with Crippen molar-refractivity contribution in [3.63, 3.8) is 0 Å². The van der Waals surface area contributed by atoms with Crippen LogP contribution in [0.4, 0.5) is 21.9 Å². The zero-order chi connectivity index (χ0) is 46.3. The maximum absolute atomic E-state index is 12.7. The highest BCUT2D eigenvalue weighted by Gasteiger charge is 2.44. The fourth-order valence-corrected chi connectivity index (χ4v) is 10.6. The molecule has 0 radical (unpaired) electrons.